The number of hydrogen-bond donors (Lipinski definition) is 1. The van der Waals surface area contributed by atoms with Gasteiger partial charge in [-0.2, -0.15) is 13.2 Å². The van der Waals surface area contributed by atoms with Gasteiger partial charge in [0.25, 0.3) is 5.91 Å². The molecule has 0 atom stereocenters. The molecule has 15 heteroatoms. The highest BCUT2D eigenvalue weighted by molar-refractivity contribution is 7.13. The Hall–Kier alpha value is -3.23. The van der Waals surface area contributed by atoms with Gasteiger partial charge < -0.3 is 15.0 Å². The van der Waals surface area contributed by atoms with Crippen LogP contribution in [0.4, 0.5) is 29.2 Å². The molecule has 1 saturated heterocycles. The van der Waals surface area contributed by atoms with Crippen LogP contribution >= 0.6 is 22.9 Å². The van der Waals surface area contributed by atoms with Crippen molar-refractivity contribution >= 4 is 46.3 Å². The van der Waals surface area contributed by atoms with Crippen molar-refractivity contribution in [2.45, 2.75) is 19.0 Å². The molecule has 0 spiro atoms. The lowest BCUT2D eigenvalue weighted by atomic mass is 10.1. The van der Waals surface area contributed by atoms with E-state index >= 15 is 0 Å². The Morgan fingerprint density at radius 1 is 1.14 bits per heavy atom. The number of ether oxygens (including phenoxy) is 1. The van der Waals surface area contributed by atoms with Crippen molar-refractivity contribution < 1.29 is 31.9 Å². The molecule has 36 heavy (non-hydrogen) atoms. The summed E-state index contributed by atoms with van der Waals surface area (Å²) in [4.78, 5) is 42.3. The van der Waals surface area contributed by atoms with Crippen molar-refractivity contribution in [1.29, 1.82) is 0 Å². The average molecular weight is 545 g/mol. The second-order valence-electron chi connectivity index (χ2n) is 7.50. The Kier molecular flexibility index (Phi) is 7.76. The number of morpholine rings is 1. The van der Waals surface area contributed by atoms with Gasteiger partial charge in [-0.15, -0.1) is 11.3 Å². The summed E-state index contributed by atoms with van der Waals surface area (Å²) in [6.07, 6.45) is -1.59. The highest BCUT2D eigenvalue weighted by Crippen LogP contribution is 2.35. The fourth-order valence-electron chi connectivity index (χ4n) is 3.32. The predicted octanol–water partition coefficient (Wildman–Crippen LogP) is 4.04. The van der Waals surface area contributed by atoms with Crippen molar-refractivity contribution in [3.63, 3.8) is 0 Å². The summed E-state index contributed by atoms with van der Waals surface area (Å²) in [6, 6.07) is 0.627. The first kappa shape index (κ1) is 25.9. The van der Waals surface area contributed by atoms with E-state index in [-0.39, 0.29) is 35.0 Å². The molecule has 4 rings (SSSR count). The van der Waals surface area contributed by atoms with Gasteiger partial charge in [0.05, 0.1) is 35.0 Å². The molecule has 1 aliphatic heterocycles. The maximum Gasteiger partial charge on any atom is 0.418 e. The fourth-order valence-corrected chi connectivity index (χ4v) is 4.35. The molecule has 1 aliphatic rings. The van der Waals surface area contributed by atoms with Crippen LogP contribution in [0.1, 0.15) is 37.2 Å². The molecule has 0 aliphatic carbocycles. The first-order valence-corrected chi connectivity index (χ1v) is 11.7. The van der Waals surface area contributed by atoms with Crippen LogP contribution in [0, 0.1) is 5.82 Å². The minimum absolute atomic E-state index is 0.0364. The van der Waals surface area contributed by atoms with Crippen molar-refractivity contribution in [1.82, 2.24) is 19.9 Å². The molecule has 190 valence electrons. The van der Waals surface area contributed by atoms with Gasteiger partial charge in [0, 0.05) is 32.1 Å². The summed E-state index contributed by atoms with van der Waals surface area (Å²) in [6.45, 7) is 1.72. The standard InChI is InChI=1S/C21H17ClF4N6O3S/c22-12-8-27-15(7-11(12)21(24,25)26)31-20(34)14-9-28-16(36-14)2-1-13(33)18-17(23)19(30-10-29-18)32-3-5-35-6-4-32/h7-10H,1-6H2,(H,27,31,34). The maximum absolute atomic E-state index is 14.9. The van der Waals surface area contributed by atoms with E-state index in [1.807, 2.05) is 0 Å². The van der Waals surface area contributed by atoms with Crippen LogP contribution in [0.2, 0.25) is 5.02 Å². The minimum atomic E-state index is -4.71. The number of pyridine rings is 1. The minimum Gasteiger partial charge on any atom is -0.378 e. The molecule has 1 fully saturated rings. The molecule has 3 aromatic heterocycles. The quantitative estimate of drug-likeness (QED) is 0.350. The van der Waals surface area contributed by atoms with E-state index in [2.05, 4.69) is 25.3 Å². The second-order valence-corrected chi connectivity index (χ2v) is 9.02. The van der Waals surface area contributed by atoms with E-state index in [4.69, 9.17) is 16.3 Å². The smallest absolute Gasteiger partial charge is 0.378 e. The van der Waals surface area contributed by atoms with Gasteiger partial charge in [0.2, 0.25) is 0 Å². The number of nitrogens with one attached hydrogen (secondary N) is 1. The zero-order valence-corrected chi connectivity index (χ0v) is 19.9. The lowest BCUT2D eigenvalue weighted by Gasteiger charge is -2.28. The van der Waals surface area contributed by atoms with Crippen LogP contribution in [0.15, 0.2) is 24.8 Å². The largest absolute Gasteiger partial charge is 0.418 e. The number of halogens is 5. The van der Waals surface area contributed by atoms with Gasteiger partial charge in [0.1, 0.15) is 22.7 Å². The summed E-state index contributed by atoms with van der Waals surface area (Å²) in [5.41, 5.74) is -1.47. The molecule has 1 amide bonds. The van der Waals surface area contributed by atoms with Crippen LogP contribution in [0.5, 0.6) is 0 Å². The van der Waals surface area contributed by atoms with Crippen molar-refractivity contribution in [2.75, 3.05) is 36.5 Å². The van der Waals surface area contributed by atoms with Crippen LogP contribution in [0.25, 0.3) is 0 Å². The Morgan fingerprint density at radius 3 is 2.61 bits per heavy atom. The lowest BCUT2D eigenvalue weighted by molar-refractivity contribution is -0.137. The number of ketones is 1. The third kappa shape index (κ3) is 5.94. The van der Waals surface area contributed by atoms with E-state index < -0.39 is 34.3 Å². The maximum atomic E-state index is 14.9. The molecule has 0 saturated carbocycles. The molecule has 0 aromatic carbocycles. The van der Waals surface area contributed by atoms with Gasteiger partial charge in [-0.3, -0.25) is 9.59 Å². The van der Waals surface area contributed by atoms with Gasteiger partial charge in [-0.25, -0.2) is 24.3 Å². The molecule has 1 N–H and O–H groups in total. The highest BCUT2D eigenvalue weighted by Gasteiger charge is 2.34. The number of nitrogens with zero attached hydrogens (tertiary/aromatic N) is 5. The zero-order valence-electron chi connectivity index (χ0n) is 18.3. The number of aromatic nitrogens is 4. The second kappa shape index (κ2) is 10.8. The fraction of sp³-hybridized carbons (Fsp3) is 0.333. The van der Waals surface area contributed by atoms with Gasteiger partial charge >= 0.3 is 6.18 Å². The van der Waals surface area contributed by atoms with E-state index in [1.165, 1.54) is 6.20 Å². The number of hydrogen-bond acceptors (Lipinski definition) is 9. The van der Waals surface area contributed by atoms with Gasteiger partial charge in [-0.1, -0.05) is 11.6 Å². The number of Topliss-reactive ketones (excluding diaryl/α,β-unsaturated/α-hetero) is 1. The Balaban J connectivity index is 1.38. The van der Waals surface area contributed by atoms with Gasteiger partial charge in [0.15, 0.2) is 17.4 Å². The number of rotatable bonds is 7. The van der Waals surface area contributed by atoms with E-state index in [0.29, 0.717) is 37.4 Å². The summed E-state index contributed by atoms with van der Waals surface area (Å²) < 4.78 is 59.2. The SMILES string of the molecule is O=C(Nc1cc(C(F)(F)F)c(Cl)cn1)c1cnc(CCC(=O)c2ncnc(N3CCOCC3)c2F)s1. The number of carbonyl (C=O) groups is 2. The molecule has 3 aromatic rings. The molecule has 0 unspecified atom stereocenters. The Bertz CT molecular complexity index is 1280. The number of aryl methyl sites for hydroxylation is 1. The third-order valence-electron chi connectivity index (χ3n) is 5.09. The first-order chi connectivity index (χ1) is 17.1. The van der Waals surface area contributed by atoms with Crippen LogP contribution < -0.4 is 10.2 Å². The summed E-state index contributed by atoms with van der Waals surface area (Å²) >= 11 is 6.47. The monoisotopic (exact) mass is 544 g/mol. The molecule has 9 nitrogen and oxygen atoms in total. The predicted molar refractivity (Wildman–Crippen MR) is 122 cm³/mol. The van der Waals surface area contributed by atoms with Crippen molar-refractivity contribution in [2.24, 2.45) is 0 Å². The van der Waals surface area contributed by atoms with Crippen LogP contribution in [-0.4, -0.2) is 57.9 Å². The Morgan fingerprint density at radius 2 is 1.89 bits per heavy atom. The van der Waals surface area contributed by atoms with Crippen molar-refractivity contribution in [3.8, 4) is 0 Å². The average Bonchev–Trinajstić information content (AvgIpc) is 3.33. The molecule has 4 heterocycles. The van der Waals surface area contributed by atoms with Crippen LogP contribution in [0.3, 0.4) is 0 Å². The Labute approximate surface area is 210 Å². The molecular weight excluding hydrogens is 528 g/mol. The van der Waals surface area contributed by atoms with E-state index in [1.54, 1.807) is 4.90 Å². The first-order valence-electron chi connectivity index (χ1n) is 10.5. The highest BCUT2D eigenvalue weighted by atomic mass is 35.5. The number of carbonyl (C=O) groups excluding carboxylic acids is 2. The van der Waals surface area contributed by atoms with Crippen molar-refractivity contribution in [3.05, 3.63) is 56.8 Å². The van der Waals surface area contributed by atoms with Gasteiger partial charge in [-0.05, 0) is 6.07 Å². The number of anilines is 2. The number of alkyl halides is 3. The number of thiazole rings is 1. The van der Waals surface area contributed by atoms with E-state index in [9.17, 15) is 27.2 Å². The lowest BCUT2D eigenvalue weighted by Crippen LogP contribution is -2.37. The summed E-state index contributed by atoms with van der Waals surface area (Å²) in [5, 5.41) is 2.07. The van der Waals surface area contributed by atoms with Crippen LogP contribution in [-0.2, 0) is 17.3 Å². The third-order valence-corrected chi connectivity index (χ3v) is 6.45. The molecular formula is C21H17ClF4N6O3S. The molecule has 0 bridgehead atoms. The number of amides is 1. The normalized spacial score (nSPS) is 14.1. The zero-order chi connectivity index (χ0) is 25.9. The van der Waals surface area contributed by atoms with E-state index in [0.717, 1.165) is 23.9 Å². The summed E-state index contributed by atoms with van der Waals surface area (Å²) in [7, 11) is 0. The summed E-state index contributed by atoms with van der Waals surface area (Å²) in [5.74, 6) is -2.40. The molecule has 0 radical (unpaired) electrons. The topological polar surface area (TPSA) is 110 Å².